The Hall–Kier alpha value is -3.39. The van der Waals surface area contributed by atoms with E-state index in [1.807, 2.05) is 20.8 Å². The van der Waals surface area contributed by atoms with E-state index in [2.05, 4.69) is 20.0 Å². The highest BCUT2D eigenvalue weighted by molar-refractivity contribution is 7.52. The summed E-state index contributed by atoms with van der Waals surface area (Å²) in [6, 6.07) is 6.79. The van der Waals surface area contributed by atoms with Crippen molar-refractivity contribution in [3.05, 3.63) is 36.7 Å². The van der Waals surface area contributed by atoms with Crippen molar-refractivity contribution in [2.75, 3.05) is 25.6 Å². The average Bonchev–Trinajstić information content (AvgIpc) is 3.43. The van der Waals surface area contributed by atoms with Gasteiger partial charge >= 0.3 is 13.7 Å². The van der Waals surface area contributed by atoms with Gasteiger partial charge in [0, 0.05) is 6.42 Å². The van der Waals surface area contributed by atoms with Crippen LogP contribution < -0.4 is 20.1 Å². The zero-order valence-corrected chi connectivity index (χ0v) is 25.8. The molecule has 2 unspecified atom stereocenters. The van der Waals surface area contributed by atoms with Gasteiger partial charge in [-0.1, -0.05) is 39.0 Å². The molecule has 1 aromatic carbocycles. The first-order chi connectivity index (χ1) is 20.0. The van der Waals surface area contributed by atoms with Crippen LogP contribution in [0.25, 0.3) is 11.2 Å². The largest absolute Gasteiger partial charge is 0.476 e. The number of imidazole rings is 1. The van der Waals surface area contributed by atoms with Crippen molar-refractivity contribution in [2.45, 2.75) is 71.8 Å². The van der Waals surface area contributed by atoms with Crippen LogP contribution in [0.5, 0.6) is 11.6 Å². The molecule has 1 fully saturated rings. The van der Waals surface area contributed by atoms with E-state index in [1.165, 1.54) is 30.0 Å². The monoisotopic (exact) mass is 626 g/mol. The summed E-state index contributed by atoms with van der Waals surface area (Å²) in [6.45, 7) is 9.27. The van der Waals surface area contributed by atoms with E-state index in [1.54, 1.807) is 25.1 Å². The Labute approximate surface area is 248 Å². The van der Waals surface area contributed by atoms with Crippen LogP contribution in [0.3, 0.4) is 0 Å². The van der Waals surface area contributed by atoms with Gasteiger partial charge in [0.15, 0.2) is 23.1 Å². The lowest BCUT2D eigenvalue weighted by Crippen LogP contribution is -2.38. The van der Waals surface area contributed by atoms with Crippen molar-refractivity contribution < 1.29 is 41.4 Å². The lowest BCUT2D eigenvalue weighted by Gasteiger charge is -2.27. The molecule has 0 radical (unpaired) electrons. The van der Waals surface area contributed by atoms with Gasteiger partial charge in [0.25, 0.3) is 0 Å². The minimum absolute atomic E-state index is 0.0670. The first-order valence-corrected chi connectivity index (χ1v) is 15.2. The number of nitrogens with zero attached hydrogens (tertiary/aromatic N) is 4. The number of hydrogen-bond donors (Lipinski definition) is 2. The maximum absolute atomic E-state index is 16.1. The van der Waals surface area contributed by atoms with Gasteiger partial charge in [-0.05, 0) is 38.3 Å². The van der Waals surface area contributed by atoms with Gasteiger partial charge < -0.3 is 24.5 Å². The molecular formula is C27H37F2N6O7P. The van der Waals surface area contributed by atoms with E-state index in [0.29, 0.717) is 0 Å². The molecule has 4 rings (SSSR count). The summed E-state index contributed by atoms with van der Waals surface area (Å²) >= 11 is 0. The second kappa shape index (κ2) is 12.3. The van der Waals surface area contributed by atoms with Crippen LogP contribution in [-0.4, -0.2) is 62.9 Å². The van der Waals surface area contributed by atoms with Crippen LogP contribution in [0, 0.1) is 5.41 Å². The number of nitrogens with one attached hydrogen (secondary N) is 1. The Balaban J connectivity index is 1.55. The molecule has 3 heterocycles. The molecule has 5 atom stereocenters. The molecule has 2 aromatic heterocycles. The number of hydrogen-bond acceptors (Lipinski definition) is 11. The molecule has 0 spiro atoms. The number of fused-ring (bicyclic) bond motifs is 1. The normalized spacial score (nSPS) is 24.4. The molecule has 0 saturated carbocycles. The van der Waals surface area contributed by atoms with Crippen molar-refractivity contribution in [3.8, 4) is 11.6 Å². The van der Waals surface area contributed by atoms with E-state index < -0.39 is 50.5 Å². The van der Waals surface area contributed by atoms with Crippen LogP contribution >= 0.6 is 7.75 Å². The quantitative estimate of drug-likeness (QED) is 0.207. The van der Waals surface area contributed by atoms with Crippen LogP contribution in [0.1, 0.15) is 54.2 Å². The summed E-state index contributed by atoms with van der Waals surface area (Å²) in [5.74, 6) is -3.46. The first kappa shape index (κ1) is 32.5. The minimum Gasteiger partial charge on any atom is -0.476 e. The molecule has 0 amide bonds. The third-order valence-corrected chi connectivity index (χ3v) is 7.78. The SMILES string of the molecule is CCOc1nc(N)nc2c1ncn2[C@@H]1O[C@](F)(COP(=O)(NC(C)C(=O)OCC(C)(C)C)Oc2ccccc2)C[C@@]1(C)F. The third-order valence-electron chi connectivity index (χ3n) is 6.16. The topological polar surface area (TPSA) is 162 Å². The van der Waals surface area contributed by atoms with Crippen molar-refractivity contribution in [3.63, 3.8) is 0 Å². The van der Waals surface area contributed by atoms with E-state index >= 15 is 8.78 Å². The molecule has 1 saturated heterocycles. The molecule has 0 aliphatic carbocycles. The number of carbonyl (C=O) groups excluding carboxylic acids is 1. The Morgan fingerprint density at radius 1 is 1.28 bits per heavy atom. The van der Waals surface area contributed by atoms with Crippen molar-refractivity contribution >= 4 is 30.8 Å². The number of aromatic nitrogens is 4. The number of esters is 1. The van der Waals surface area contributed by atoms with Crippen LogP contribution in [0.15, 0.2) is 36.7 Å². The van der Waals surface area contributed by atoms with Gasteiger partial charge in [-0.3, -0.25) is 13.9 Å². The molecule has 3 aromatic rings. The smallest absolute Gasteiger partial charge is 0.459 e. The first-order valence-electron chi connectivity index (χ1n) is 13.7. The lowest BCUT2D eigenvalue weighted by atomic mass is 9.99. The number of para-hydroxylation sites is 1. The molecule has 3 N–H and O–H groups in total. The standard InChI is InChI=1S/C27H37F2N6O7P/c1-7-38-21-19-20(32-24(30)33-21)35(16-31-19)23-26(6,28)13-27(29,41-23)15-40-43(37,42-18-11-9-8-10-12-18)34-17(2)22(36)39-14-25(3,4)5/h8-12,16-17,23H,7,13-15H2,1-6H3,(H,34,37)(H2,30,32,33)/t17?,23-,26-,27+,43?/m1/s1. The Kier molecular flexibility index (Phi) is 9.31. The number of halogens is 2. The van der Waals surface area contributed by atoms with E-state index in [4.69, 9.17) is 29.0 Å². The average molecular weight is 627 g/mol. The van der Waals surface area contributed by atoms with E-state index in [0.717, 1.165) is 6.92 Å². The molecule has 1 aliphatic rings. The zero-order chi connectivity index (χ0) is 31.6. The number of ether oxygens (including phenoxy) is 3. The fraction of sp³-hybridized carbons (Fsp3) is 0.556. The van der Waals surface area contributed by atoms with Gasteiger partial charge in [0.1, 0.15) is 18.4 Å². The number of anilines is 1. The lowest BCUT2D eigenvalue weighted by molar-refractivity contribution is -0.177. The maximum atomic E-state index is 16.1. The highest BCUT2D eigenvalue weighted by atomic mass is 31.2. The molecule has 0 bridgehead atoms. The van der Waals surface area contributed by atoms with Crippen LogP contribution in [0.2, 0.25) is 0 Å². The summed E-state index contributed by atoms with van der Waals surface area (Å²) < 4.78 is 74.4. The maximum Gasteiger partial charge on any atom is 0.459 e. The number of carbonyl (C=O) groups is 1. The Morgan fingerprint density at radius 2 is 1.98 bits per heavy atom. The number of benzene rings is 1. The van der Waals surface area contributed by atoms with Crippen molar-refractivity contribution in [1.82, 2.24) is 24.6 Å². The summed E-state index contributed by atoms with van der Waals surface area (Å²) in [5, 5.41) is 2.49. The molecule has 236 valence electrons. The fourth-order valence-electron chi connectivity index (χ4n) is 4.31. The van der Waals surface area contributed by atoms with Crippen LogP contribution in [0.4, 0.5) is 14.7 Å². The van der Waals surface area contributed by atoms with Gasteiger partial charge in [-0.25, -0.2) is 18.3 Å². The Bertz CT molecular complexity index is 1490. The predicted molar refractivity (Wildman–Crippen MR) is 153 cm³/mol. The van der Waals surface area contributed by atoms with Crippen molar-refractivity contribution in [1.29, 1.82) is 0 Å². The summed E-state index contributed by atoms with van der Waals surface area (Å²) in [4.78, 5) is 24.9. The van der Waals surface area contributed by atoms with E-state index in [-0.39, 0.29) is 47.4 Å². The Morgan fingerprint density at radius 3 is 2.63 bits per heavy atom. The second-order valence-corrected chi connectivity index (χ2v) is 13.3. The highest BCUT2D eigenvalue weighted by Crippen LogP contribution is 2.52. The molecule has 43 heavy (non-hydrogen) atoms. The predicted octanol–water partition coefficient (Wildman–Crippen LogP) is 4.89. The van der Waals surface area contributed by atoms with Gasteiger partial charge in [-0.15, -0.1) is 0 Å². The summed E-state index contributed by atoms with van der Waals surface area (Å²) in [5.41, 5.74) is 3.44. The number of nitrogen functional groups attached to an aromatic ring is 1. The minimum atomic E-state index is -4.46. The number of rotatable bonds is 12. The van der Waals surface area contributed by atoms with Gasteiger partial charge in [0.2, 0.25) is 17.7 Å². The summed E-state index contributed by atoms with van der Waals surface area (Å²) in [6.07, 6.45) is -1.16. The molecule has 16 heteroatoms. The second-order valence-electron chi connectivity index (χ2n) is 11.6. The molecular weight excluding hydrogens is 589 g/mol. The third kappa shape index (κ3) is 7.96. The molecule has 1 aliphatic heterocycles. The summed E-state index contributed by atoms with van der Waals surface area (Å²) in [7, 11) is -4.46. The molecule has 13 nitrogen and oxygen atoms in total. The van der Waals surface area contributed by atoms with Gasteiger partial charge in [-0.2, -0.15) is 15.1 Å². The number of alkyl halides is 2. The number of nitrogens with two attached hydrogens (primary N) is 1. The van der Waals surface area contributed by atoms with E-state index in [9.17, 15) is 9.36 Å². The zero-order valence-electron chi connectivity index (χ0n) is 24.9. The van der Waals surface area contributed by atoms with Gasteiger partial charge in [0.05, 0.1) is 19.5 Å². The van der Waals surface area contributed by atoms with Crippen molar-refractivity contribution in [2.24, 2.45) is 5.41 Å². The fourth-order valence-corrected chi connectivity index (χ4v) is 5.83. The highest BCUT2D eigenvalue weighted by Gasteiger charge is 2.57. The van der Waals surface area contributed by atoms with Crippen LogP contribution in [-0.2, 0) is 23.4 Å².